The molecule has 7 atom stereocenters. The van der Waals surface area contributed by atoms with Crippen LogP contribution in [0.1, 0.15) is 72.4 Å². The fourth-order valence-corrected chi connectivity index (χ4v) is 5.98. The molecule has 2 fully saturated rings. The van der Waals surface area contributed by atoms with Crippen molar-refractivity contribution >= 4 is 46.2 Å². The van der Waals surface area contributed by atoms with Gasteiger partial charge in [0.05, 0.1) is 4.75 Å². The molecule has 0 aliphatic heterocycles. The normalized spacial score (nSPS) is 19.1. The average molecular weight is 817 g/mol. The Labute approximate surface area is 340 Å². The summed E-state index contributed by atoms with van der Waals surface area (Å²) < 4.78 is 10.3. The van der Waals surface area contributed by atoms with Crippen LogP contribution in [0.2, 0.25) is 0 Å². The molecule has 4 amide bonds. The van der Waals surface area contributed by atoms with Crippen LogP contribution in [0.5, 0.6) is 0 Å². The van der Waals surface area contributed by atoms with E-state index in [0.717, 1.165) is 18.4 Å². The van der Waals surface area contributed by atoms with Crippen molar-refractivity contribution in [2.75, 3.05) is 25.7 Å². The molecule has 2 aliphatic carbocycles. The number of rotatable bonds is 12. The maximum atomic E-state index is 12.5. The minimum atomic E-state index is -1.44. The molecular formula is C42H48N4O9S2. The van der Waals surface area contributed by atoms with Crippen molar-refractivity contribution in [2.24, 2.45) is 23.7 Å². The van der Waals surface area contributed by atoms with Gasteiger partial charge in [-0.25, -0.2) is 11.0 Å². The molecule has 0 spiro atoms. The van der Waals surface area contributed by atoms with Gasteiger partial charge >= 0.3 is 0 Å². The van der Waals surface area contributed by atoms with E-state index in [-0.39, 0.29) is 31.0 Å². The molecule has 2 aromatic carbocycles. The van der Waals surface area contributed by atoms with Crippen LogP contribution in [0.4, 0.5) is 0 Å². The van der Waals surface area contributed by atoms with E-state index in [0.29, 0.717) is 22.6 Å². The van der Waals surface area contributed by atoms with Gasteiger partial charge < -0.3 is 20.8 Å². The molecule has 0 heterocycles. The lowest BCUT2D eigenvalue weighted by molar-refractivity contribution is -0.132. The first-order valence-electron chi connectivity index (χ1n) is 17.9. The van der Waals surface area contributed by atoms with Crippen molar-refractivity contribution in [3.05, 3.63) is 70.8 Å². The number of carbonyl (C=O) groups is 4. The molecule has 8 N–H and O–H groups in total. The third-order valence-electron chi connectivity index (χ3n) is 9.62. The molecule has 2 aromatic rings. The number of aliphatic hydroxyl groups is 2. The molecule has 2 aliphatic rings. The van der Waals surface area contributed by atoms with E-state index in [2.05, 4.69) is 58.0 Å². The highest BCUT2D eigenvalue weighted by atomic mass is 32.2. The largest absolute Gasteiger partial charge is 0.396 e. The minimum absolute atomic E-state index is 0.155. The van der Waals surface area contributed by atoms with E-state index >= 15 is 0 Å². The van der Waals surface area contributed by atoms with Gasteiger partial charge in [-0.1, -0.05) is 23.7 Å². The van der Waals surface area contributed by atoms with E-state index < -0.39 is 56.0 Å². The van der Waals surface area contributed by atoms with Gasteiger partial charge in [0.2, 0.25) is 0 Å². The Kier molecular flexibility index (Phi) is 17.4. The maximum absolute atomic E-state index is 12.5. The highest BCUT2D eigenvalue weighted by molar-refractivity contribution is 8.00. The van der Waals surface area contributed by atoms with E-state index in [1.807, 2.05) is 20.1 Å². The minimum Gasteiger partial charge on any atom is -0.396 e. The van der Waals surface area contributed by atoms with Gasteiger partial charge in [-0.3, -0.25) is 33.8 Å². The second-order valence-electron chi connectivity index (χ2n) is 14.4. The van der Waals surface area contributed by atoms with Crippen LogP contribution in [-0.4, -0.2) is 95.8 Å². The van der Waals surface area contributed by atoms with Crippen LogP contribution in [0.15, 0.2) is 48.5 Å². The van der Waals surface area contributed by atoms with Gasteiger partial charge in [0.25, 0.3) is 23.6 Å². The van der Waals surface area contributed by atoms with Gasteiger partial charge in [0, 0.05) is 69.1 Å². The third-order valence-corrected chi connectivity index (χ3v) is 12.6. The number of benzene rings is 2. The molecule has 15 heteroatoms. The SMILES string of the molecule is CS(=O)C(C)(C)[C@H](NC(=O)c1ccc(C#CC#CC2C[C@@H]2CO)cc1)C(=O)NO.CSC(C)(C)[C@H](NC(=O)c1ccc(C#CC#CC2C[C@@H]2CO)cc1)C(=O)NO. The fraction of sp³-hybridized carbons (Fsp3) is 0.429. The first kappa shape index (κ1) is 46.3. The average Bonchev–Trinajstić information content (AvgIpc) is 4.15. The summed E-state index contributed by atoms with van der Waals surface area (Å²) in [6.45, 7) is 7.07. The molecule has 13 nitrogen and oxygen atoms in total. The Morgan fingerprint density at radius 1 is 0.719 bits per heavy atom. The Balaban J connectivity index is 0.000000306. The monoisotopic (exact) mass is 816 g/mol. The summed E-state index contributed by atoms with van der Waals surface area (Å²) in [7, 11) is -1.44. The molecule has 0 aromatic heterocycles. The number of thioether (sulfide) groups is 1. The molecule has 2 saturated carbocycles. The second-order valence-corrected chi connectivity index (χ2v) is 17.8. The van der Waals surface area contributed by atoms with Gasteiger partial charge in [-0.2, -0.15) is 11.8 Å². The Morgan fingerprint density at radius 3 is 1.44 bits per heavy atom. The van der Waals surface area contributed by atoms with Gasteiger partial charge in [0.1, 0.15) is 12.1 Å². The van der Waals surface area contributed by atoms with Crippen LogP contribution < -0.4 is 21.6 Å². The number of amides is 4. The number of hydroxylamine groups is 2. The molecule has 0 radical (unpaired) electrons. The molecule has 57 heavy (non-hydrogen) atoms. The zero-order valence-corrected chi connectivity index (χ0v) is 34.2. The standard InChI is InChI=1S/C21H24N2O5S.C21H24N2O4S/c1-21(2,29(3)28)18(20(26)23-27)22-19(25)15-10-8-14(9-11-15)6-4-5-7-16-12-17(16)13-24;1-21(2,28-3)18(20(26)23-27)22-19(25)15-10-8-14(9-11-15)6-4-5-7-16-12-17(16)13-24/h8-11,16-18,24,27H,12-13H2,1-3H3,(H,22,25)(H,23,26);8-11,16-18,24,27H,12-13H2,1-3H3,(H,22,25)(H,23,26)/t16?,17-,18-,29?;16?,17-,18-/m11/s1. The number of aliphatic hydroxyl groups excluding tert-OH is 2. The lowest BCUT2D eigenvalue weighted by Gasteiger charge is -2.31. The van der Waals surface area contributed by atoms with Crippen molar-refractivity contribution < 1.29 is 44.0 Å². The summed E-state index contributed by atoms with van der Waals surface area (Å²) in [5, 5.41) is 41.0. The van der Waals surface area contributed by atoms with Gasteiger partial charge in [-0.15, -0.1) is 0 Å². The Morgan fingerprint density at radius 2 is 1.11 bits per heavy atom. The third kappa shape index (κ3) is 13.8. The molecule has 3 unspecified atom stereocenters. The van der Waals surface area contributed by atoms with Crippen LogP contribution in [0, 0.1) is 71.0 Å². The van der Waals surface area contributed by atoms with Crippen molar-refractivity contribution in [2.45, 2.75) is 62.1 Å². The summed E-state index contributed by atoms with van der Waals surface area (Å²) in [4.78, 5) is 48.9. The van der Waals surface area contributed by atoms with E-state index in [1.165, 1.54) is 23.5 Å². The van der Waals surface area contributed by atoms with Crippen LogP contribution in [0.25, 0.3) is 0 Å². The molecular weight excluding hydrogens is 769 g/mol. The first-order chi connectivity index (χ1) is 27.0. The lowest BCUT2D eigenvalue weighted by atomic mass is 10.0. The Bertz CT molecular complexity index is 2060. The van der Waals surface area contributed by atoms with E-state index in [9.17, 15) is 23.4 Å². The highest BCUT2D eigenvalue weighted by Crippen LogP contribution is 2.37. The number of hydrogen-bond acceptors (Lipinski definition) is 10. The lowest BCUT2D eigenvalue weighted by Crippen LogP contribution is -2.58. The second kappa shape index (κ2) is 21.4. The molecule has 302 valence electrons. The van der Waals surface area contributed by atoms with E-state index in [1.54, 1.807) is 67.9 Å². The predicted molar refractivity (Wildman–Crippen MR) is 218 cm³/mol. The van der Waals surface area contributed by atoms with E-state index in [4.69, 9.17) is 20.6 Å². The smallest absolute Gasteiger partial charge is 0.267 e. The summed E-state index contributed by atoms with van der Waals surface area (Å²) in [6.07, 6.45) is 5.09. The quantitative estimate of drug-likeness (QED) is 0.0885. The predicted octanol–water partition coefficient (Wildman–Crippen LogP) is 1.85. The number of nitrogens with one attached hydrogen (secondary N) is 4. The number of hydrogen-bond donors (Lipinski definition) is 8. The molecule has 4 rings (SSSR count). The van der Waals surface area contributed by atoms with Crippen LogP contribution in [-0.2, 0) is 20.4 Å². The highest BCUT2D eigenvalue weighted by Gasteiger charge is 2.40. The summed E-state index contributed by atoms with van der Waals surface area (Å²) in [5.74, 6) is 21.4. The van der Waals surface area contributed by atoms with Crippen LogP contribution >= 0.6 is 11.8 Å². The van der Waals surface area contributed by atoms with Crippen molar-refractivity contribution in [3.8, 4) is 47.4 Å². The van der Waals surface area contributed by atoms with Crippen molar-refractivity contribution in [1.29, 1.82) is 0 Å². The maximum Gasteiger partial charge on any atom is 0.267 e. The van der Waals surface area contributed by atoms with Crippen LogP contribution in [0.3, 0.4) is 0 Å². The Hall–Kier alpha value is -5.10. The topological polar surface area (TPSA) is 214 Å². The van der Waals surface area contributed by atoms with Crippen molar-refractivity contribution in [3.63, 3.8) is 0 Å². The van der Waals surface area contributed by atoms with Gasteiger partial charge in [0.15, 0.2) is 0 Å². The summed E-state index contributed by atoms with van der Waals surface area (Å²) >= 11 is 1.41. The first-order valence-corrected chi connectivity index (χ1v) is 20.6. The van der Waals surface area contributed by atoms with Crippen molar-refractivity contribution in [1.82, 2.24) is 21.6 Å². The molecule has 0 saturated heterocycles. The van der Waals surface area contributed by atoms with Gasteiger partial charge in [-0.05, 0) is 131 Å². The number of carbonyl (C=O) groups excluding carboxylic acids is 4. The molecule has 0 bridgehead atoms. The zero-order chi connectivity index (χ0) is 42.3. The zero-order valence-electron chi connectivity index (χ0n) is 32.6. The summed E-state index contributed by atoms with van der Waals surface area (Å²) in [5.41, 5.74) is 5.17. The summed E-state index contributed by atoms with van der Waals surface area (Å²) in [6, 6.07) is 11.0. The fourth-order valence-electron chi connectivity index (χ4n) is 5.08.